The van der Waals surface area contributed by atoms with E-state index in [2.05, 4.69) is 21.7 Å². The topological polar surface area (TPSA) is 72.5 Å². The molecule has 1 amide bonds. The van der Waals surface area contributed by atoms with Gasteiger partial charge in [0.15, 0.2) is 11.5 Å². The molecule has 0 saturated carbocycles. The number of benzene rings is 1. The van der Waals surface area contributed by atoms with Gasteiger partial charge in [0.25, 0.3) is 5.91 Å². The number of rotatable bonds is 6. The van der Waals surface area contributed by atoms with Crippen molar-refractivity contribution in [1.82, 2.24) is 4.98 Å². The summed E-state index contributed by atoms with van der Waals surface area (Å²) in [7, 11) is 0. The monoisotopic (exact) mass is 379 g/mol. The minimum absolute atomic E-state index is 0.254. The van der Waals surface area contributed by atoms with Crippen LogP contribution in [0.25, 0.3) is 0 Å². The van der Waals surface area contributed by atoms with Crippen LogP contribution in [0.15, 0.2) is 48.2 Å². The number of hydrogen-bond donors (Lipinski definition) is 2. The maximum Gasteiger partial charge on any atom is 0.274 e. The second-order valence-corrected chi connectivity index (χ2v) is 7.03. The summed E-state index contributed by atoms with van der Waals surface area (Å²) in [5.74, 6) is 1.08. The normalized spacial score (nSPS) is 15.5. The first-order valence-electron chi connectivity index (χ1n) is 9.87. The smallest absolute Gasteiger partial charge is 0.274 e. The van der Waals surface area contributed by atoms with Gasteiger partial charge in [0.05, 0.1) is 0 Å². The van der Waals surface area contributed by atoms with E-state index in [1.54, 1.807) is 30.5 Å². The molecular weight excluding hydrogens is 354 g/mol. The number of hydrogen-bond acceptors (Lipinski definition) is 5. The maximum atomic E-state index is 12.6. The average molecular weight is 379 g/mol. The molecule has 0 radical (unpaired) electrons. The summed E-state index contributed by atoms with van der Waals surface area (Å²) in [6.45, 7) is 1.91. The van der Waals surface area contributed by atoms with Crippen LogP contribution in [0.2, 0.25) is 0 Å². The van der Waals surface area contributed by atoms with Crippen LogP contribution < -0.4 is 20.1 Å². The van der Waals surface area contributed by atoms with E-state index in [-0.39, 0.29) is 5.91 Å². The van der Waals surface area contributed by atoms with E-state index in [0.717, 1.165) is 18.7 Å². The highest BCUT2D eigenvalue weighted by Crippen LogP contribution is 2.32. The van der Waals surface area contributed by atoms with Gasteiger partial charge in [-0.2, -0.15) is 0 Å². The zero-order valence-corrected chi connectivity index (χ0v) is 15.9. The van der Waals surface area contributed by atoms with Crippen LogP contribution in [-0.2, 0) is 0 Å². The molecule has 1 aliphatic carbocycles. The predicted molar refractivity (Wildman–Crippen MR) is 109 cm³/mol. The zero-order chi connectivity index (χ0) is 19.2. The van der Waals surface area contributed by atoms with E-state index < -0.39 is 0 Å². The summed E-state index contributed by atoms with van der Waals surface area (Å²) in [6.07, 6.45) is 10.1. The number of pyridine rings is 1. The van der Waals surface area contributed by atoms with Crippen molar-refractivity contribution in [2.75, 3.05) is 30.4 Å². The number of allylic oxidation sites excluding steroid dienone is 1. The van der Waals surface area contributed by atoms with Crippen molar-refractivity contribution in [3.05, 3.63) is 53.9 Å². The van der Waals surface area contributed by atoms with Gasteiger partial charge in [-0.1, -0.05) is 11.6 Å². The summed E-state index contributed by atoms with van der Waals surface area (Å²) < 4.78 is 11.1. The summed E-state index contributed by atoms with van der Waals surface area (Å²) >= 11 is 0. The number of amides is 1. The summed E-state index contributed by atoms with van der Waals surface area (Å²) in [5.41, 5.74) is 3.46. The third kappa shape index (κ3) is 4.63. The van der Waals surface area contributed by atoms with Gasteiger partial charge in [0.2, 0.25) is 0 Å². The predicted octanol–water partition coefficient (Wildman–Crippen LogP) is 4.41. The van der Waals surface area contributed by atoms with Crippen LogP contribution in [0.5, 0.6) is 11.5 Å². The maximum absolute atomic E-state index is 12.6. The van der Waals surface area contributed by atoms with Crippen LogP contribution >= 0.6 is 0 Å². The number of carbonyl (C=O) groups is 1. The summed E-state index contributed by atoms with van der Waals surface area (Å²) in [4.78, 5) is 16.8. The first-order chi connectivity index (χ1) is 13.8. The Balaban J connectivity index is 1.35. The standard InChI is InChI=1S/C22H25N3O3/c26-22(25-18-6-7-20-21(15-18)28-13-12-27-20)19-14-17(9-11-24-19)23-10-8-16-4-2-1-3-5-16/h4,6-7,9,11,14-15H,1-3,5,8,10,12-13H2,(H,23,24)(H,25,26). The third-order valence-electron chi connectivity index (χ3n) is 4.95. The molecule has 4 rings (SSSR count). The second kappa shape index (κ2) is 8.78. The molecule has 1 aromatic heterocycles. The molecule has 2 aromatic rings. The molecule has 0 saturated heterocycles. The van der Waals surface area contributed by atoms with Crippen molar-refractivity contribution in [3.8, 4) is 11.5 Å². The number of ether oxygens (including phenoxy) is 2. The zero-order valence-electron chi connectivity index (χ0n) is 15.9. The van der Waals surface area contributed by atoms with Crippen molar-refractivity contribution in [2.24, 2.45) is 0 Å². The number of nitrogens with one attached hydrogen (secondary N) is 2. The van der Waals surface area contributed by atoms with E-state index >= 15 is 0 Å². The largest absolute Gasteiger partial charge is 0.486 e. The Morgan fingerprint density at radius 3 is 2.79 bits per heavy atom. The highest BCUT2D eigenvalue weighted by Gasteiger charge is 2.14. The Kier molecular flexibility index (Phi) is 5.75. The quantitative estimate of drug-likeness (QED) is 0.728. The fourth-order valence-corrected chi connectivity index (χ4v) is 3.48. The number of fused-ring (bicyclic) bond motifs is 1. The van der Waals surface area contributed by atoms with Crippen molar-refractivity contribution in [3.63, 3.8) is 0 Å². The molecule has 0 spiro atoms. The molecule has 146 valence electrons. The lowest BCUT2D eigenvalue weighted by molar-refractivity contribution is 0.102. The van der Waals surface area contributed by atoms with Gasteiger partial charge in [0, 0.05) is 30.2 Å². The van der Waals surface area contributed by atoms with Crippen LogP contribution in [0.3, 0.4) is 0 Å². The fraction of sp³-hybridized carbons (Fsp3) is 0.364. The molecule has 0 fully saturated rings. The Hall–Kier alpha value is -3.02. The molecule has 2 heterocycles. The van der Waals surface area contributed by atoms with Crippen molar-refractivity contribution < 1.29 is 14.3 Å². The minimum atomic E-state index is -0.254. The van der Waals surface area contributed by atoms with Gasteiger partial charge in [0.1, 0.15) is 18.9 Å². The number of aromatic nitrogens is 1. The van der Waals surface area contributed by atoms with Gasteiger partial charge < -0.3 is 20.1 Å². The Morgan fingerprint density at radius 2 is 1.93 bits per heavy atom. The Bertz CT molecular complexity index is 879. The van der Waals surface area contributed by atoms with Crippen LogP contribution in [-0.4, -0.2) is 30.6 Å². The molecule has 2 N–H and O–H groups in total. The molecule has 28 heavy (non-hydrogen) atoms. The molecule has 0 bridgehead atoms. The van der Waals surface area contributed by atoms with Crippen molar-refractivity contribution in [2.45, 2.75) is 32.1 Å². The van der Waals surface area contributed by atoms with E-state index in [9.17, 15) is 4.79 Å². The number of nitrogens with zero attached hydrogens (tertiary/aromatic N) is 1. The number of anilines is 2. The summed E-state index contributed by atoms with van der Waals surface area (Å²) in [5, 5.41) is 6.26. The lowest BCUT2D eigenvalue weighted by Gasteiger charge is -2.19. The van der Waals surface area contributed by atoms with Crippen molar-refractivity contribution in [1.29, 1.82) is 0 Å². The molecule has 2 aliphatic rings. The SMILES string of the molecule is O=C(Nc1ccc2c(c1)OCCO2)c1cc(NCCC2=CCCCC2)ccn1. The van der Waals surface area contributed by atoms with E-state index in [1.165, 1.54) is 31.3 Å². The highest BCUT2D eigenvalue weighted by molar-refractivity contribution is 6.03. The first kappa shape index (κ1) is 18.3. The van der Waals surface area contributed by atoms with Gasteiger partial charge in [-0.05, 0) is 56.4 Å². The van der Waals surface area contributed by atoms with E-state index in [4.69, 9.17) is 9.47 Å². The Labute approximate surface area is 165 Å². The highest BCUT2D eigenvalue weighted by atomic mass is 16.6. The molecule has 1 aromatic carbocycles. The van der Waals surface area contributed by atoms with Gasteiger partial charge >= 0.3 is 0 Å². The molecule has 6 heteroatoms. The van der Waals surface area contributed by atoms with Gasteiger partial charge in [-0.25, -0.2) is 0 Å². The average Bonchev–Trinajstić information content (AvgIpc) is 2.75. The van der Waals surface area contributed by atoms with Gasteiger partial charge in [-0.3, -0.25) is 9.78 Å². The first-order valence-corrected chi connectivity index (χ1v) is 9.87. The fourth-order valence-electron chi connectivity index (χ4n) is 3.48. The Morgan fingerprint density at radius 1 is 1.04 bits per heavy atom. The lowest BCUT2D eigenvalue weighted by Crippen LogP contribution is -2.17. The number of carbonyl (C=O) groups excluding carboxylic acids is 1. The van der Waals surface area contributed by atoms with Gasteiger partial charge in [-0.15, -0.1) is 0 Å². The molecular formula is C22H25N3O3. The summed E-state index contributed by atoms with van der Waals surface area (Å²) in [6, 6.07) is 9.03. The molecule has 6 nitrogen and oxygen atoms in total. The lowest BCUT2D eigenvalue weighted by atomic mass is 9.97. The van der Waals surface area contributed by atoms with Crippen LogP contribution in [0, 0.1) is 0 Å². The third-order valence-corrected chi connectivity index (χ3v) is 4.95. The minimum Gasteiger partial charge on any atom is -0.486 e. The molecule has 0 unspecified atom stereocenters. The molecule has 0 atom stereocenters. The van der Waals surface area contributed by atoms with Crippen LogP contribution in [0.1, 0.15) is 42.6 Å². The molecule has 1 aliphatic heterocycles. The van der Waals surface area contributed by atoms with E-state index in [1.807, 2.05) is 6.07 Å². The van der Waals surface area contributed by atoms with Crippen molar-refractivity contribution >= 4 is 17.3 Å². The second-order valence-electron chi connectivity index (χ2n) is 7.03. The van der Waals surface area contributed by atoms with E-state index in [0.29, 0.717) is 36.1 Å². The van der Waals surface area contributed by atoms with Crippen LogP contribution in [0.4, 0.5) is 11.4 Å².